The molecule has 0 saturated carbocycles. The first-order valence-corrected chi connectivity index (χ1v) is 6.04. The quantitative estimate of drug-likeness (QED) is 0.531. The van der Waals surface area contributed by atoms with Gasteiger partial charge in [-0.2, -0.15) is 0 Å². The van der Waals surface area contributed by atoms with Crippen molar-refractivity contribution in [3.8, 4) is 5.75 Å². The number of carbonyl (C=O) groups excluding carboxylic acids is 1. The summed E-state index contributed by atoms with van der Waals surface area (Å²) in [5.41, 5.74) is 0.500. The van der Waals surface area contributed by atoms with Gasteiger partial charge in [0.25, 0.3) is 5.24 Å². The topological polar surface area (TPSA) is 26.3 Å². The zero-order valence-corrected chi connectivity index (χ0v) is 10.3. The second kappa shape index (κ2) is 7.29. The largest absolute Gasteiger partial charge is 0.494 e. The molecule has 2 nitrogen and oxygen atoms in total. The summed E-state index contributed by atoms with van der Waals surface area (Å²) in [7, 11) is 0. The van der Waals surface area contributed by atoms with Crippen LogP contribution in [0, 0.1) is 0 Å². The minimum Gasteiger partial charge on any atom is -0.494 e. The van der Waals surface area contributed by atoms with Gasteiger partial charge in [-0.1, -0.05) is 26.2 Å². The van der Waals surface area contributed by atoms with E-state index in [1.165, 1.54) is 19.3 Å². The summed E-state index contributed by atoms with van der Waals surface area (Å²) in [4.78, 5) is 10.8. The molecule has 0 amide bonds. The SMILES string of the molecule is CCCCCCOc1ccc(C(=O)Cl)cc1. The number of rotatable bonds is 7. The van der Waals surface area contributed by atoms with E-state index in [-0.39, 0.29) is 0 Å². The van der Waals surface area contributed by atoms with Crippen molar-refractivity contribution in [2.24, 2.45) is 0 Å². The maximum atomic E-state index is 10.8. The van der Waals surface area contributed by atoms with Crippen molar-refractivity contribution in [1.29, 1.82) is 0 Å². The monoisotopic (exact) mass is 240 g/mol. The van der Waals surface area contributed by atoms with Gasteiger partial charge < -0.3 is 4.74 Å². The van der Waals surface area contributed by atoms with Crippen LogP contribution in [0.15, 0.2) is 24.3 Å². The van der Waals surface area contributed by atoms with E-state index in [9.17, 15) is 4.79 Å². The van der Waals surface area contributed by atoms with Crippen LogP contribution in [0.4, 0.5) is 0 Å². The van der Waals surface area contributed by atoms with Gasteiger partial charge >= 0.3 is 0 Å². The highest BCUT2D eigenvalue weighted by molar-refractivity contribution is 6.67. The third-order valence-corrected chi connectivity index (χ3v) is 2.57. The number of carbonyl (C=O) groups is 1. The van der Waals surface area contributed by atoms with Gasteiger partial charge in [0.05, 0.1) is 6.61 Å². The van der Waals surface area contributed by atoms with E-state index in [2.05, 4.69) is 6.92 Å². The maximum Gasteiger partial charge on any atom is 0.252 e. The number of hydrogen-bond donors (Lipinski definition) is 0. The van der Waals surface area contributed by atoms with Gasteiger partial charge in [-0.15, -0.1) is 0 Å². The van der Waals surface area contributed by atoms with Crippen molar-refractivity contribution in [2.45, 2.75) is 32.6 Å². The highest BCUT2D eigenvalue weighted by Crippen LogP contribution is 2.14. The Labute approximate surface area is 102 Å². The van der Waals surface area contributed by atoms with Crippen LogP contribution in [0.25, 0.3) is 0 Å². The van der Waals surface area contributed by atoms with Crippen LogP contribution in [0.3, 0.4) is 0 Å². The molecule has 0 radical (unpaired) electrons. The standard InChI is InChI=1S/C13H17ClO2/c1-2-3-4-5-10-16-12-8-6-11(7-9-12)13(14)15/h6-9H,2-5,10H2,1H3. The van der Waals surface area contributed by atoms with E-state index in [1.54, 1.807) is 24.3 Å². The van der Waals surface area contributed by atoms with E-state index < -0.39 is 5.24 Å². The summed E-state index contributed by atoms with van der Waals surface area (Å²) < 4.78 is 5.53. The number of halogens is 1. The Kier molecular flexibility index (Phi) is 5.94. The fourth-order valence-corrected chi connectivity index (χ4v) is 1.53. The average molecular weight is 241 g/mol. The van der Waals surface area contributed by atoms with Gasteiger partial charge in [0.2, 0.25) is 0 Å². The summed E-state index contributed by atoms with van der Waals surface area (Å²) in [6.07, 6.45) is 4.76. The van der Waals surface area contributed by atoms with Gasteiger partial charge in [-0.3, -0.25) is 4.79 Å². The molecular formula is C13H17ClO2. The third-order valence-electron chi connectivity index (χ3n) is 2.35. The molecule has 0 aromatic heterocycles. The Bertz CT molecular complexity index is 319. The second-order valence-electron chi connectivity index (χ2n) is 3.71. The van der Waals surface area contributed by atoms with E-state index in [1.807, 2.05) is 0 Å². The molecule has 0 N–H and O–H groups in total. The van der Waals surface area contributed by atoms with E-state index >= 15 is 0 Å². The first-order chi connectivity index (χ1) is 7.74. The summed E-state index contributed by atoms with van der Waals surface area (Å²) in [5.74, 6) is 0.790. The summed E-state index contributed by atoms with van der Waals surface area (Å²) in [5, 5.41) is -0.436. The van der Waals surface area contributed by atoms with Gasteiger partial charge in [0.15, 0.2) is 0 Å². The Morgan fingerprint density at radius 2 is 1.88 bits per heavy atom. The lowest BCUT2D eigenvalue weighted by molar-refractivity contribution is 0.108. The van der Waals surface area contributed by atoms with Crippen molar-refractivity contribution in [3.05, 3.63) is 29.8 Å². The molecule has 0 aliphatic carbocycles. The fourth-order valence-electron chi connectivity index (χ4n) is 1.40. The first kappa shape index (κ1) is 13.0. The van der Waals surface area contributed by atoms with Crippen molar-refractivity contribution >= 4 is 16.8 Å². The molecule has 0 bridgehead atoms. The average Bonchev–Trinajstić information content (AvgIpc) is 2.29. The first-order valence-electron chi connectivity index (χ1n) is 5.66. The lowest BCUT2D eigenvalue weighted by Gasteiger charge is -2.05. The molecule has 1 rings (SSSR count). The number of benzene rings is 1. The van der Waals surface area contributed by atoms with Gasteiger partial charge in [-0.05, 0) is 42.3 Å². The van der Waals surface area contributed by atoms with E-state index in [0.717, 1.165) is 18.8 Å². The van der Waals surface area contributed by atoms with Crippen LogP contribution in [0.2, 0.25) is 0 Å². The molecule has 3 heteroatoms. The molecule has 0 aliphatic heterocycles. The molecule has 88 valence electrons. The molecule has 0 unspecified atom stereocenters. The van der Waals surface area contributed by atoms with Gasteiger partial charge in [-0.25, -0.2) is 0 Å². The van der Waals surface area contributed by atoms with Crippen LogP contribution < -0.4 is 4.74 Å². The fraction of sp³-hybridized carbons (Fsp3) is 0.462. The second-order valence-corrected chi connectivity index (χ2v) is 4.05. The van der Waals surface area contributed by atoms with Crippen LogP contribution in [0.5, 0.6) is 5.75 Å². The van der Waals surface area contributed by atoms with Crippen molar-refractivity contribution in [3.63, 3.8) is 0 Å². The normalized spacial score (nSPS) is 10.1. The van der Waals surface area contributed by atoms with Crippen molar-refractivity contribution < 1.29 is 9.53 Å². The van der Waals surface area contributed by atoms with E-state index in [4.69, 9.17) is 16.3 Å². The van der Waals surface area contributed by atoms with Crippen LogP contribution in [-0.2, 0) is 0 Å². The third kappa shape index (κ3) is 4.67. The van der Waals surface area contributed by atoms with Crippen molar-refractivity contribution in [2.75, 3.05) is 6.61 Å². The smallest absolute Gasteiger partial charge is 0.252 e. The highest BCUT2D eigenvalue weighted by Gasteiger charge is 2.01. The Balaban J connectivity index is 2.29. The minimum absolute atomic E-state index is 0.436. The summed E-state index contributed by atoms with van der Waals surface area (Å²) in [6.45, 7) is 2.91. The number of unbranched alkanes of at least 4 members (excludes halogenated alkanes) is 3. The van der Waals surface area contributed by atoms with Crippen LogP contribution in [0.1, 0.15) is 43.0 Å². The molecular weight excluding hydrogens is 224 g/mol. The zero-order valence-electron chi connectivity index (χ0n) is 9.54. The van der Waals surface area contributed by atoms with Gasteiger partial charge in [0.1, 0.15) is 5.75 Å². The van der Waals surface area contributed by atoms with Crippen LogP contribution >= 0.6 is 11.6 Å². The molecule has 0 spiro atoms. The Hall–Kier alpha value is -1.02. The predicted octanol–water partition coefficient (Wildman–Crippen LogP) is 4.02. The highest BCUT2D eigenvalue weighted by atomic mass is 35.5. The predicted molar refractivity (Wildman–Crippen MR) is 66.3 cm³/mol. The number of ether oxygens (including phenoxy) is 1. The van der Waals surface area contributed by atoms with Crippen LogP contribution in [-0.4, -0.2) is 11.8 Å². The summed E-state index contributed by atoms with van der Waals surface area (Å²) in [6, 6.07) is 6.90. The van der Waals surface area contributed by atoms with E-state index in [0.29, 0.717) is 5.56 Å². The molecule has 1 aromatic carbocycles. The summed E-state index contributed by atoms with van der Waals surface area (Å²) >= 11 is 5.34. The molecule has 0 atom stereocenters. The molecule has 1 aromatic rings. The van der Waals surface area contributed by atoms with Gasteiger partial charge in [0, 0.05) is 5.56 Å². The lowest BCUT2D eigenvalue weighted by Crippen LogP contribution is -1.97. The molecule has 0 heterocycles. The lowest BCUT2D eigenvalue weighted by atomic mass is 10.2. The minimum atomic E-state index is -0.436. The Morgan fingerprint density at radius 3 is 2.44 bits per heavy atom. The molecule has 0 aliphatic rings. The Morgan fingerprint density at radius 1 is 1.19 bits per heavy atom. The molecule has 16 heavy (non-hydrogen) atoms. The zero-order chi connectivity index (χ0) is 11.8. The molecule has 0 fully saturated rings. The van der Waals surface area contributed by atoms with Crippen molar-refractivity contribution in [1.82, 2.24) is 0 Å². The number of hydrogen-bond acceptors (Lipinski definition) is 2. The maximum absolute atomic E-state index is 10.8. The molecule has 0 saturated heterocycles.